The Labute approximate surface area is 182 Å². The number of benzene rings is 2. The maximum absolute atomic E-state index is 12.5. The van der Waals surface area contributed by atoms with E-state index < -0.39 is 18.0 Å². The van der Waals surface area contributed by atoms with Crippen LogP contribution in [0.3, 0.4) is 0 Å². The van der Waals surface area contributed by atoms with Gasteiger partial charge >= 0.3 is 6.36 Å². The monoisotopic (exact) mass is 446 g/mol. The first-order valence-electron chi connectivity index (χ1n) is 9.92. The van der Waals surface area contributed by atoms with E-state index in [1.807, 2.05) is 35.2 Å². The van der Waals surface area contributed by atoms with Gasteiger partial charge in [-0.1, -0.05) is 6.07 Å². The third-order valence-electron chi connectivity index (χ3n) is 5.14. The fraction of sp³-hybridized carbons (Fsp3) is 0.273. The number of aromatic amines is 1. The van der Waals surface area contributed by atoms with E-state index in [1.54, 1.807) is 7.11 Å². The number of aromatic nitrogens is 2. The molecule has 0 radical (unpaired) electrons. The molecular weight excluding hydrogens is 425 g/mol. The Morgan fingerprint density at radius 3 is 2.66 bits per heavy atom. The average Bonchev–Trinajstić information content (AvgIpc) is 3.42. The maximum Gasteiger partial charge on any atom is 0.573 e. The van der Waals surface area contributed by atoms with E-state index in [0.717, 1.165) is 35.0 Å². The van der Waals surface area contributed by atoms with Crippen LogP contribution in [0.25, 0.3) is 11.3 Å². The highest BCUT2D eigenvalue weighted by molar-refractivity contribution is 5.94. The maximum atomic E-state index is 12.5. The molecule has 3 aromatic rings. The Kier molecular flexibility index (Phi) is 5.93. The van der Waals surface area contributed by atoms with Crippen LogP contribution in [-0.2, 0) is 0 Å². The highest BCUT2D eigenvalue weighted by Crippen LogP contribution is 2.26. The lowest BCUT2D eigenvalue weighted by Gasteiger charge is -2.16. The molecule has 1 aromatic heterocycles. The molecule has 1 amide bonds. The van der Waals surface area contributed by atoms with Crippen molar-refractivity contribution in [2.45, 2.75) is 18.8 Å². The Bertz CT molecular complexity index is 1080. The predicted octanol–water partition coefficient (Wildman–Crippen LogP) is 3.99. The molecule has 10 heteroatoms. The third-order valence-corrected chi connectivity index (χ3v) is 5.14. The first kappa shape index (κ1) is 21.5. The Hall–Kier alpha value is -3.69. The summed E-state index contributed by atoms with van der Waals surface area (Å²) in [6.07, 6.45) is -4.12. The highest BCUT2D eigenvalue weighted by atomic mass is 19.4. The van der Waals surface area contributed by atoms with Gasteiger partial charge in [0.25, 0.3) is 5.91 Å². The summed E-state index contributed by atoms with van der Waals surface area (Å²) in [5.74, 6) is 0.640. The van der Waals surface area contributed by atoms with Crippen LogP contribution in [0.15, 0.2) is 54.6 Å². The van der Waals surface area contributed by atoms with Gasteiger partial charge in [0, 0.05) is 30.8 Å². The van der Waals surface area contributed by atoms with Gasteiger partial charge in [-0.25, -0.2) is 0 Å². The molecule has 0 bridgehead atoms. The fourth-order valence-electron chi connectivity index (χ4n) is 3.58. The van der Waals surface area contributed by atoms with Crippen molar-refractivity contribution in [3.8, 4) is 22.8 Å². The number of nitrogens with zero attached hydrogens (tertiary/aromatic N) is 2. The molecule has 0 spiro atoms. The van der Waals surface area contributed by atoms with Gasteiger partial charge in [0.1, 0.15) is 11.5 Å². The number of halogens is 3. The molecule has 0 aliphatic carbocycles. The number of anilines is 1. The van der Waals surface area contributed by atoms with E-state index in [0.29, 0.717) is 19.5 Å². The third kappa shape index (κ3) is 5.13. The van der Waals surface area contributed by atoms with Crippen molar-refractivity contribution in [2.75, 3.05) is 25.1 Å². The average molecular weight is 446 g/mol. The second kappa shape index (κ2) is 8.81. The predicted molar refractivity (Wildman–Crippen MR) is 112 cm³/mol. The minimum Gasteiger partial charge on any atom is -0.497 e. The van der Waals surface area contributed by atoms with Crippen LogP contribution in [0, 0.1) is 0 Å². The molecule has 2 heterocycles. The molecule has 168 valence electrons. The Morgan fingerprint density at radius 2 is 1.94 bits per heavy atom. The number of rotatable bonds is 6. The molecule has 1 fully saturated rings. The van der Waals surface area contributed by atoms with Gasteiger partial charge in [-0.05, 0) is 54.4 Å². The van der Waals surface area contributed by atoms with Crippen molar-refractivity contribution in [3.63, 3.8) is 0 Å². The van der Waals surface area contributed by atoms with Gasteiger partial charge in [0.2, 0.25) is 0 Å². The molecule has 1 atom stereocenters. The summed E-state index contributed by atoms with van der Waals surface area (Å²) >= 11 is 0. The molecule has 32 heavy (non-hydrogen) atoms. The molecule has 0 unspecified atom stereocenters. The molecule has 0 saturated carbocycles. The lowest BCUT2D eigenvalue weighted by Crippen LogP contribution is -2.37. The van der Waals surface area contributed by atoms with E-state index in [2.05, 4.69) is 20.3 Å². The van der Waals surface area contributed by atoms with E-state index in [-0.39, 0.29) is 11.6 Å². The van der Waals surface area contributed by atoms with Crippen LogP contribution in [-0.4, -0.2) is 48.7 Å². The van der Waals surface area contributed by atoms with Crippen molar-refractivity contribution in [1.29, 1.82) is 0 Å². The van der Waals surface area contributed by atoms with Crippen LogP contribution in [0.1, 0.15) is 16.8 Å². The van der Waals surface area contributed by atoms with Crippen molar-refractivity contribution in [3.05, 3.63) is 60.2 Å². The van der Waals surface area contributed by atoms with Gasteiger partial charge in [-0.15, -0.1) is 13.2 Å². The second-order valence-electron chi connectivity index (χ2n) is 7.35. The molecule has 4 rings (SSSR count). The van der Waals surface area contributed by atoms with Crippen molar-refractivity contribution >= 4 is 11.7 Å². The number of nitrogens with one attached hydrogen (secondary N) is 2. The summed E-state index contributed by atoms with van der Waals surface area (Å²) < 4.78 is 46.3. The van der Waals surface area contributed by atoms with Gasteiger partial charge in [0.05, 0.1) is 12.8 Å². The molecular formula is C22H21F3N4O3. The number of H-pyrrole nitrogens is 1. The number of ether oxygens (including phenoxy) is 2. The molecule has 1 aliphatic rings. The van der Waals surface area contributed by atoms with Crippen LogP contribution in [0.4, 0.5) is 19.0 Å². The smallest absolute Gasteiger partial charge is 0.497 e. The van der Waals surface area contributed by atoms with E-state index in [1.165, 1.54) is 12.1 Å². The lowest BCUT2D eigenvalue weighted by atomic mass is 10.1. The number of amides is 1. The van der Waals surface area contributed by atoms with Crippen LogP contribution < -0.4 is 19.7 Å². The van der Waals surface area contributed by atoms with Gasteiger partial charge in [-0.2, -0.15) is 5.10 Å². The number of carbonyl (C=O) groups is 1. The van der Waals surface area contributed by atoms with E-state index in [4.69, 9.17) is 4.74 Å². The van der Waals surface area contributed by atoms with Crippen LogP contribution in [0.2, 0.25) is 0 Å². The van der Waals surface area contributed by atoms with Crippen LogP contribution >= 0.6 is 0 Å². The van der Waals surface area contributed by atoms with E-state index in [9.17, 15) is 18.0 Å². The molecule has 7 nitrogen and oxygen atoms in total. The summed E-state index contributed by atoms with van der Waals surface area (Å²) in [7, 11) is 1.61. The molecule has 1 aliphatic heterocycles. The Morgan fingerprint density at radius 1 is 1.16 bits per heavy atom. The fourth-order valence-corrected chi connectivity index (χ4v) is 3.58. The SMILES string of the molecule is COc1ccc(-c2cc(N3CC[C@@H](NC(=O)c4cccc(OC(F)(F)F)c4)C3)n[nH]2)cc1. The van der Waals surface area contributed by atoms with Crippen molar-refractivity contribution in [2.24, 2.45) is 0 Å². The second-order valence-corrected chi connectivity index (χ2v) is 7.35. The largest absolute Gasteiger partial charge is 0.573 e. The van der Waals surface area contributed by atoms with Crippen molar-refractivity contribution in [1.82, 2.24) is 15.5 Å². The van der Waals surface area contributed by atoms with Crippen molar-refractivity contribution < 1.29 is 27.4 Å². The minimum atomic E-state index is -4.81. The topological polar surface area (TPSA) is 79.5 Å². The van der Waals surface area contributed by atoms with Crippen LogP contribution in [0.5, 0.6) is 11.5 Å². The zero-order valence-corrected chi connectivity index (χ0v) is 17.1. The summed E-state index contributed by atoms with van der Waals surface area (Å²) in [4.78, 5) is 14.5. The highest BCUT2D eigenvalue weighted by Gasteiger charge is 2.31. The zero-order valence-electron chi connectivity index (χ0n) is 17.1. The minimum absolute atomic E-state index is 0.103. The number of hydrogen-bond donors (Lipinski definition) is 2. The number of hydrogen-bond acceptors (Lipinski definition) is 5. The summed E-state index contributed by atoms with van der Waals surface area (Å²) in [6.45, 7) is 1.23. The molecule has 2 N–H and O–H groups in total. The standard InChI is InChI=1S/C22H21F3N4O3/c1-31-17-7-5-14(6-8-17)19-12-20(28-27-19)29-10-9-16(13-29)26-21(30)15-3-2-4-18(11-15)32-22(23,24)25/h2-8,11-12,16H,9-10,13H2,1H3,(H,26,30)(H,27,28)/t16-/m1/s1. The molecule has 2 aromatic carbocycles. The van der Waals surface area contributed by atoms with E-state index >= 15 is 0 Å². The summed E-state index contributed by atoms with van der Waals surface area (Å²) in [5, 5.41) is 10.3. The Balaban J connectivity index is 1.36. The normalized spacial score (nSPS) is 16.1. The number of carbonyl (C=O) groups excluding carboxylic acids is 1. The lowest BCUT2D eigenvalue weighted by molar-refractivity contribution is -0.274. The molecule has 1 saturated heterocycles. The van der Waals surface area contributed by atoms with Gasteiger partial charge in [-0.3, -0.25) is 9.89 Å². The first-order valence-corrected chi connectivity index (χ1v) is 9.92. The summed E-state index contributed by atoms with van der Waals surface area (Å²) in [6, 6.07) is 14.4. The van der Waals surface area contributed by atoms with Gasteiger partial charge < -0.3 is 19.7 Å². The first-order chi connectivity index (χ1) is 15.3. The number of methoxy groups -OCH3 is 1. The van der Waals surface area contributed by atoms with Gasteiger partial charge in [0.15, 0.2) is 5.82 Å². The quantitative estimate of drug-likeness (QED) is 0.599. The number of alkyl halides is 3. The zero-order chi connectivity index (χ0) is 22.7. The summed E-state index contributed by atoms with van der Waals surface area (Å²) in [5.41, 5.74) is 1.93.